The third-order valence-electron chi connectivity index (χ3n) is 3.24. The Balaban J connectivity index is 1.99. The van der Waals surface area contributed by atoms with Crippen LogP contribution in [0, 0.1) is 5.82 Å². The minimum atomic E-state index is -0.276. The first-order valence-corrected chi connectivity index (χ1v) is 5.94. The Kier molecular flexibility index (Phi) is 3.74. The number of likely N-dealkylation sites (tertiary alicyclic amines) is 1. The number of nitrogens with zero attached hydrogens (tertiary/aromatic N) is 1. The van der Waals surface area contributed by atoms with Crippen LogP contribution in [0.5, 0.6) is 0 Å². The van der Waals surface area contributed by atoms with Crippen LogP contribution in [0.2, 0.25) is 0 Å². The third-order valence-corrected chi connectivity index (χ3v) is 3.24. The van der Waals surface area contributed by atoms with Crippen LogP contribution in [0.15, 0.2) is 24.3 Å². The molecule has 0 spiro atoms. The van der Waals surface area contributed by atoms with Crippen molar-refractivity contribution in [3.63, 3.8) is 0 Å². The molecule has 1 atom stereocenters. The average Bonchev–Trinajstić information content (AvgIpc) is 2.80. The van der Waals surface area contributed by atoms with E-state index < -0.39 is 0 Å². The van der Waals surface area contributed by atoms with E-state index in [0.717, 1.165) is 24.9 Å². The minimum Gasteiger partial charge on any atom is -0.338 e. The van der Waals surface area contributed by atoms with Crippen molar-refractivity contribution in [2.75, 3.05) is 13.1 Å². The van der Waals surface area contributed by atoms with E-state index >= 15 is 0 Å². The van der Waals surface area contributed by atoms with Crippen LogP contribution in [-0.2, 0) is 11.2 Å². The second-order valence-electron chi connectivity index (χ2n) is 4.42. The Morgan fingerprint density at radius 1 is 1.41 bits per heavy atom. The maximum atomic E-state index is 12.7. The van der Waals surface area contributed by atoms with Crippen LogP contribution >= 0.6 is 0 Å². The number of hydrogen-bond acceptors (Lipinski definition) is 2. The number of amides is 1. The molecule has 1 amide bonds. The minimum absolute atomic E-state index is 0.0876. The van der Waals surface area contributed by atoms with Gasteiger partial charge in [0.15, 0.2) is 0 Å². The largest absolute Gasteiger partial charge is 0.338 e. The Labute approximate surface area is 100 Å². The van der Waals surface area contributed by atoms with Crippen molar-refractivity contribution in [1.29, 1.82) is 0 Å². The van der Waals surface area contributed by atoms with Crippen LogP contribution in [0.25, 0.3) is 0 Å². The molecule has 1 fully saturated rings. The van der Waals surface area contributed by atoms with Gasteiger partial charge in [0.05, 0.1) is 6.42 Å². The number of halogens is 1. The number of rotatable bonds is 3. The Morgan fingerprint density at radius 2 is 2.12 bits per heavy atom. The standard InChI is InChI=1S/C13H17FN2O/c14-11-5-3-10(4-6-11)8-13(17)16-7-1-2-12(16)9-15/h3-6,12H,1-2,7-9,15H2/t12-/m0/s1. The zero-order chi connectivity index (χ0) is 12.3. The van der Waals surface area contributed by atoms with Crippen LogP contribution in [0.4, 0.5) is 4.39 Å². The molecule has 1 aromatic rings. The molecule has 0 radical (unpaired) electrons. The molecule has 0 unspecified atom stereocenters. The normalized spacial score (nSPS) is 19.6. The summed E-state index contributed by atoms with van der Waals surface area (Å²) in [5, 5.41) is 0. The Morgan fingerprint density at radius 3 is 2.76 bits per heavy atom. The van der Waals surface area contributed by atoms with Crippen LogP contribution in [0.3, 0.4) is 0 Å². The topological polar surface area (TPSA) is 46.3 Å². The van der Waals surface area contributed by atoms with Crippen molar-refractivity contribution < 1.29 is 9.18 Å². The molecule has 0 aromatic heterocycles. The fraction of sp³-hybridized carbons (Fsp3) is 0.462. The Hall–Kier alpha value is -1.42. The molecule has 1 heterocycles. The predicted octanol–water partition coefficient (Wildman–Crippen LogP) is 1.32. The molecule has 17 heavy (non-hydrogen) atoms. The van der Waals surface area contributed by atoms with Gasteiger partial charge in [-0.1, -0.05) is 12.1 Å². The summed E-state index contributed by atoms with van der Waals surface area (Å²) in [6, 6.07) is 6.25. The number of carbonyl (C=O) groups excluding carboxylic acids is 1. The number of carbonyl (C=O) groups is 1. The summed E-state index contributed by atoms with van der Waals surface area (Å²) in [7, 11) is 0. The molecule has 0 bridgehead atoms. The van der Waals surface area contributed by atoms with Gasteiger partial charge in [-0.05, 0) is 30.5 Å². The van der Waals surface area contributed by atoms with Crippen molar-refractivity contribution in [2.24, 2.45) is 5.73 Å². The summed E-state index contributed by atoms with van der Waals surface area (Å²) in [5.41, 5.74) is 6.48. The molecule has 0 saturated carbocycles. The van der Waals surface area contributed by atoms with Gasteiger partial charge in [-0.25, -0.2) is 4.39 Å². The summed E-state index contributed by atoms with van der Waals surface area (Å²) in [4.78, 5) is 13.9. The van der Waals surface area contributed by atoms with E-state index in [1.807, 2.05) is 4.90 Å². The smallest absolute Gasteiger partial charge is 0.227 e. The quantitative estimate of drug-likeness (QED) is 0.860. The average molecular weight is 236 g/mol. The number of nitrogens with two attached hydrogens (primary N) is 1. The van der Waals surface area contributed by atoms with Gasteiger partial charge in [0.1, 0.15) is 5.82 Å². The van der Waals surface area contributed by atoms with Crippen molar-refractivity contribution in [3.05, 3.63) is 35.6 Å². The molecule has 1 aliphatic heterocycles. The lowest BCUT2D eigenvalue weighted by Crippen LogP contribution is -2.40. The monoisotopic (exact) mass is 236 g/mol. The second-order valence-corrected chi connectivity index (χ2v) is 4.42. The van der Waals surface area contributed by atoms with Crippen LogP contribution < -0.4 is 5.73 Å². The van der Waals surface area contributed by atoms with E-state index in [4.69, 9.17) is 5.73 Å². The second kappa shape index (κ2) is 5.27. The van der Waals surface area contributed by atoms with Crippen molar-refractivity contribution in [1.82, 2.24) is 4.90 Å². The fourth-order valence-corrected chi connectivity index (χ4v) is 2.29. The van der Waals surface area contributed by atoms with E-state index in [0.29, 0.717) is 13.0 Å². The van der Waals surface area contributed by atoms with Gasteiger partial charge in [0.25, 0.3) is 0 Å². The molecular weight excluding hydrogens is 219 g/mol. The first-order valence-electron chi connectivity index (χ1n) is 5.94. The molecule has 92 valence electrons. The lowest BCUT2D eigenvalue weighted by molar-refractivity contribution is -0.131. The molecule has 2 N–H and O–H groups in total. The van der Waals surface area contributed by atoms with Gasteiger partial charge < -0.3 is 10.6 Å². The van der Waals surface area contributed by atoms with Crippen LogP contribution in [0.1, 0.15) is 18.4 Å². The van der Waals surface area contributed by atoms with E-state index in [2.05, 4.69) is 0 Å². The van der Waals surface area contributed by atoms with Crippen molar-refractivity contribution >= 4 is 5.91 Å². The van der Waals surface area contributed by atoms with Crippen LogP contribution in [-0.4, -0.2) is 29.9 Å². The molecule has 1 aromatic carbocycles. The molecule has 3 nitrogen and oxygen atoms in total. The van der Waals surface area contributed by atoms with Gasteiger partial charge in [-0.3, -0.25) is 4.79 Å². The first kappa shape index (κ1) is 12.0. The molecule has 1 saturated heterocycles. The first-order chi connectivity index (χ1) is 8.20. The lowest BCUT2D eigenvalue weighted by Gasteiger charge is -2.23. The maximum absolute atomic E-state index is 12.7. The van der Waals surface area contributed by atoms with E-state index in [-0.39, 0.29) is 17.8 Å². The van der Waals surface area contributed by atoms with E-state index in [9.17, 15) is 9.18 Å². The summed E-state index contributed by atoms with van der Waals surface area (Å²) < 4.78 is 12.7. The lowest BCUT2D eigenvalue weighted by atomic mass is 10.1. The molecule has 1 aliphatic rings. The number of hydrogen-bond donors (Lipinski definition) is 1. The summed E-state index contributed by atoms with van der Waals surface area (Å²) >= 11 is 0. The highest BCUT2D eigenvalue weighted by Gasteiger charge is 2.27. The molecule has 0 aliphatic carbocycles. The fourth-order valence-electron chi connectivity index (χ4n) is 2.29. The SMILES string of the molecule is NC[C@@H]1CCCN1C(=O)Cc1ccc(F)cc1. The summed E-state index contributed by atoms with van der Waals surface area (Å²) in [5.74, 6) is -0.188. The van der Waals surface area contributed by atoms with Gasteiger partial charge >= 0.3 is 0 Å². The van der Waals surface area contributed by atoms with Gasteiger partial charge in [0, 0.05) is 19.1 Å². The molecule has 2 rings (SSSR count). The van der Waals surface area contributed by atoms with Crippen molar-refractivity contribution in [3.8, 4) is 0 Å². The van der Waals surface area contributed by atoms with Crippen molar-refractivity contribution in [2.45, 2.75) is 25.3 Å². The highest BCUT2D eigenvalue weighted by Crippen LogP contribution is 2.17. The highest BCUT2D eigenvalue weighted by molar-refractivity contribution is 5.79. The van der Waals surface area contributed by atoms with Gasteiger partial charge in [-0.15, -0.1) is 0 Å². The third kappa shape index (κ3) is 2.82. The molecule has 4 heteroatoms. The summed E-state index contributed by atoms with van der Waals surface area (Å²) in [6.45, 7) is 1.32. The zero-order valence-electron chi connectivity index (χ0n) is 9.73. The Bertz CT molecular complexity index is 391. The van der Waals surface area contributed by atoms with Gasteiger partial charge in [-0.2, -0.15) is 0 Å². The summed E-state index contributed by atoms with van der Waals surface area (Å²) in [6.07, 6.45) is 2.35. The predicted molar refractivity (Wildman–Crippen MR) is 63.9 cm³/mol. The maximum Gasteiger partial charge on any atom is 0.227 e. The van der Waals surface area contributed by atoms with Gasteiger partial charge in [0.2, 0.25) is 5.91 Å². The highest BCUT2D eigenvalue weighted by atomic mass is 19.1. The molecular formula is C13H17FN2O. The van der Waals surface area contributed by atoms with E-state index in [1.165, 1.54) is 12.1 Å². The number of benzene rings is 1. The van der Waals surface area contributed by atoms with E-state index in [1.54, 1.807) is 12.1 Å². The zero-order valence-corrected chi connectivity index (χ0v) is 9.73.